The monoisotopic (exact) mass is 422 g/mol. The van der Waals surface area contributed by atoms with Crippen molar-refractivity contribution < 1.29 is 10.2 Å². The molecule has 2 aromatic rings. The molecule has 0 atom stereocenters. The molecule has 2 N–H and O–H groups in total. The molecule has 3 rings (SSSR count). The lowest BCUT2D eigenvalue weighted by Gasteiger charge is -2.36. The SMILES string of the molecule is CCCCc1cc(C2(c3ccc(O)c(CCCC)c3)CCCCCCCC2)ccc1O. The van der Waals surface area contributed by atoms with Gasteiger partial charge in [-0.05, 0) is 72.9 Å². The predicted octanol–water partition coefficient (Wildman–Crippen LogP) is 8.20. The average molecular weight is 423 g/mol. The van der Waals surface area contributed by atoms with Crippen molar-refractivity contribution in [1.82, 2.24) is 0 Å². The van der Waals surface area contributed by atoms with Gasteiger partial charge < -0.3 is 10.2 Å². The minimum absolute atomic E-state index is 0.0341. The summed E-state index contributed by atoms with van der Waals surface area (Å²) in [6.45, 7) is 4.41. The van der Waals surface area contributed by atoms with E-state index in [2.05, 4.69) is 38.1 Å². The largest absolute Gasteiger partial charge is 0.508 e. The normalized spacial score (nSPS) is 17.0. The number of hydrogen-bond acceptors (Lipinski definition) is 2. The molecule has 1 aliphatic rings. The van der Waals surface area contributed by atoms with Crippen LogP contribution in [-0.2, 0) is 18.3 Å². The molecule has 1 fully saturated rings. The Morgan fingerprint density at radius 1 is 0.645 bits per heavy atom. The fourth-order valence-corrected chi connectivity index (χ4v) is 5.33. The molecule has 0 amide bonds. The van der Waals surface area contributed by atoms with Crippen molar-refractivity contribution in [1.29, 1.82) is 0 Å². The summed E-state index contributed by atoms with van der Waals surface area (Å²) >= 11 is 0. The van der Waals surface area contributed by atoms with Crippen LogP contribution in [0, 0.1) is 0 Å². The highest BCUT2D eigenvalue weighted by Gasteiger charge is 2.34. The molecule has 0 aliphatic heterocycles. The highest BCUT2D eigenvalue weighted by Crippen LogP contribution is 2.45. The van der Waals surface area contributed by atoms with Gasteiger partial charge in [-0.3, -0.25) is 0 Å². The van der Waals surface area contributed by atoms with Crippen molar-refractivity contribution in [3.63, 3.8) is 0 Å². The molecule has 0 heterocycles. The van der Waals surface area contributed by atoms with E-state index in [1.807, 2.05) is 12.1 Å². The third kappa shape index (κ3) is 5.84. The number of rotatable bonds is 8. The Labute approximate surface area is 189 Å². The quantitative estimate of drug-likeness (QED) is 0.450. The Kier molecular flexibility index (Phi) is 8.87. The molecule has 0 spiro atoms. The minimum atomic E-state index is -0.0341. The van der Waals surface area contributed by atoms with Crippen LogP contribution in [0.5, 0.6) is 11.5 Å². The van der Waals surface area contributed by atoms with Gasteiger partial charge in [0.25, 0.3) is 0 Å². The maximum atomic E-state index is 10.5. The molecule has 1 aliphatic carbocycles. The van der Waals surface area contributed by atoms with Gasteiger partial charge in [0.1, 0.15) is 11.5 Å². The summed E-state index contributed by atoms with van der Waals surface area (Å²) in [5.74, 6) is 0.870. The lowest BCUT2D eigenvalue weighted by atomic mass is 9.67. The molecule has 0 bridgehead atoms. The number of aryl methyl sites for hydroxylation is 2. The Morgan fingerprint density at radius 2 is 1.06 bits per heavy atom. The number of aromatic hydroxyl groups is 2. The van der Waals surface area contributed by atoms with Crippen molar-refractivity contribution in [2.75, 3.05) is 0 Å². The second-order valence-electron chi connectivity index (χ2n) is 9.60. The number of unbranched alkanes of at least 4 members (excludes halogenated alkanes) is 2. The zero-order valence-corrected chi connectivity index (χ0v) is 19.8. The maximum absolute atomic E-state index is 10.5. The third-order valence-electron chi connectivity index (χ3n) is 7.32. The molecule has 170 valence electrons. The molecule has 0 radical (unpaired) electrons. The predicted molar refractivity (Wildman–Crippen MR) is 131 cm³/mol. The van der Waals surface area contributed by atoms with Gasteiger partial charge in [-0.15, -0.1) is 0 Å². The van der Waals surface area contributed by atoms with Gasteiger partial charge >= 0.3 is 0 Å². The second kappa shape index (κ2) is 11.6. The summed E-state index contributed by atoms with van der Waals surface area (Å²) in [7, 11) is 0. The van der Waals surface area contributed by atoms with E-state index in [0.717, 1.165) is 62.5 Å². The van der Waals surface area contributed by atoms with Crippen LogP contribution in [0.2, 0.25) is 0 Å². The first-order valence-corrected chi connectivity index (χ1v) is 12.8. The molecule has 2 aromatic carbocycles. The maximum Gasteiger partial charge on any atom is 0.118 e. The Bertz CT molecular complexity index is 754. The highest BCUT2D eigenvalue weighted by atomic mass is 16.3. The van der Waals surface area contributed by atoms with E-state index in [9.17, 15) is 10.2 Å². The van der Waals surface area contributed by atoms with Gasteiger partial charge in [-0.1, -0.05) is 89.5 Å². The van der Waals surface area contributed by atoms with Crippen molar-refractivity contribution >= 4 is 0 Å². The topological polar surface area (TPSA) is 40.5 Å². The van der Waals surface area contributed by atoms with Crippen LogP contribution in [0.1, 0.15) is 113 Å². The first kappa shape index (κ1) is 23.7. The van der Waals surface area contributed by atoms with Crippen LogP contribution < -0.4 is 0 Å². The molecule has 1 saturated carbocycles. The van der Waals surface area contributed by atoms with E-state index < -0.39 is 0 Å². The van der Waals surface area contributed by atoms with Crippen LogP contribution in [0.3, 0.4) is 0 Å². The highest BCUT2D eigenvalue weighted by molar-refractivity contribution is 5.48. The summed E-state index contributed by atoms with van der Waals surface area (Å²) in [6, 6.07) is 12.8. The van der Waals surface area contributed by atoms with Gasteiger partial charge in [0.05, 0.1) is 0 Å². The number of phenols is 2. The van der Waals surface area contributed by atoms with Gasteiger partial charge in [0.15, 0.2) is 0 Å². The second-order valence-corrected chi connectivity index (χ2v) is 9.60. The summed E-state index contributed by atoms with van der Waals surface area (Å²) < 4.78 is 0. The fraction of sp³-hybridized carbons (Fsp3) is 0.586. The average Bonchev–Trinajstić information content (AvgIpc) is 2.91. The lowest BCUT2D eigenvalue weighted by molar-refractivity contribution is 0.409. The smallest absolute Gasteiger partial charge is 0.118 e. The van der Waals surface area contributed by atoms with E-state index in [1.165, 1.54) is 49.7 Å². The third-order valence-corrected chi connectivity index (χ3v) is 7.32. The van der Waals surface area contributed by atoms with Crippen molar-refractivity contribution in [3.05, 3.63) is 58.7 Å². The van der Waals surface area contributed by atoms with Crippen molar-refractivity contribution in [3.8, 4) is 11.5 Å². The van der Waals surface area contributed by atoms with Gasteiger partial charge in [0.2, 0.25) is 0 Å². The van der Waals surface area contributed by atoms with E-state index in [4.69, 9.17) is 0 Å². The van der Waals surface area contributed by atoms with Crippen molar-refractivity contribution in [2.24, 2.45) is 0 Å². The number of phenolic OH excluding ortho intramolecular Hbond substituents is 2. The zero-order valence-electron chi connectivity index (χ0n) is 19.8. The fourth-order valence-electron chi connectivity index (χ4n) is 5.33. The standard InChI is InChI=1S/C29H42O2/c1-3-5-13-23-21-25(15-17-27(23)30)29(19-11-9-7-8-10-12-20-29)26-16-18-28(31)24(22-26)14-6-4-2/h15-18,21-22,30-31H,3-14,19-20H2,1-2H3. The summed E-state index contributed by atoms with van der Waals surface area (Å²) in [5.41, 5.74) is 4.84. The molecular formula is C29H42O2. The summed E-state index contributed by atoms with van der Waals surface area (Å²) in [5, 5.41) is 21.0. The van der Waals surface area contributed by atoms with Crippen LogP contribution in [0.25, 0.3) is 0 Å². The minimum Gasteiger partial charge on any atom is -0.508 e. The molecule has 31 heavy (non-hydrogen) atoms. The van der Waals surface area contributed by atoms with Gasteiger partial charge in [0, 0.05) is 5.41 Å². The first-order valence-electron chi connectivity index (χ1n) is 12.8. The van der Waals surface area contributed by atoms with Crippen LogP contribution in [0.15, 0.2) is 36.4 Å². The van der Waals surface area contributed by atoms with Crippen LogP contribution in [0.4, 0.5) is 0 Å². The molecule has 0 saturated heterocycles. The van der Waals surface area contributed by atoms with E-state index >= 15 is 0 Å². The lowest BCUT2D eigenvalue weighted by Crippen LogP contribution is -2.28. The van der Waals surface area contributed by atoms with E-state index in [0.29, 0.717) is 11.5 Å². The van der Waals surface area contributed by atoms with Gasteiger partial charge in [-0.2, -0.15) is 0 Å². The van der Waals surface area contributed by atoms with E-state index in [1.54, 1.807) is 0 Å². The van der Waals surface area contributed by atoms with Crippen LogP contribution >= 0.6 is 0 Å². The van der Waals surface area contributed by atoms with E-state index in [-0.39, 0.29) is 5.41 Å². The summed E-state index contributed by atoms with van der Waals surface area (Å²) in [4.78, 5) is 0. The Hall–Kier alpha value is -1.96. The Balaban J connectivity index is 2.09. The van der Waals surface area contributed by atoms with Crippen LogP contribution in [-0.4, -0.2) is 10.2 Å². The zero-order chi connectivity index (χ0) is 22.1. The number of benzene rings is 2. The van der Waals surface area contributed by atoms with Gasteiger partial charge in [-0.25, -0.2) is 0 Å². The molecule has 0 aromatic heterocycles. The number of hydrogen-bond donors (Lipinski definition) is 2. The summed E-state index contributed by atoms with van der Waals surface area (Å²) in [6.07, 6.45) is 16.4. The van der Waals surface area contributed by atoms with Crippen molar-refractivity contribution in [2.45, 2.75) is 109 Å². The molecule has 0 unspecified atom stereocenters. The molecular weight excluding hydrogens is 380 g/mol. The molecule has 2 nitrogen and oxygen atoms in total. The first-order chi connectivity index (χ1) is 15.1. The molecule has 2 heteroatoms. The Morgan fingerprint density at radius 3 is 1.48 bits per heavy atom.